The molecule has 5 nitrogen and oxygen atoms in total. The summed E-state index contributed by atoms with van der Waals surface area (Å²) in [5.74, 6) is -1.52. The minimum atomic E-state index is -3.65. The summed E-state index contributed by atoms with van der Waals surface area (Å²) >= 11 is 0. The Bertz CT molecular complexity index is 615. The molecule has 0 fully saturated rings. The second-order valence-corrected chi connectivity index (χ2v) is 8.24. The van der Waals surface area contributed by atoms with Crippen molar-refractivity contribution in [2.45, 2.75) is 38.1 Å². The minimum Gasteiger partial charge on any atom is -0.352 e. The molecule has 2 unspecified atom stereocenters. The van der Waals surface area contributed by atoms with Crippen LogP contribution in [0.4, 0.5) is 4.39 Å². The van der Waals surface area contributed by atoms with Crippen molar-refractivity contribution in [1.82, 2.24) is 5.32 Å². The second-order valence-electron chi connectivity index (χ2n) is 6.21. The number of hydrogen-bond donors (Lipinski definition) is 2. The van der Waals surface area contributed by atoms with Crippen LogP contribution in [0.1, 0.15) is 27.2 Å². The van der Waals surface area contributed by atoms with E-state index >= 15 is 0 Å². The van der Waals surface area contributed by atoms with Crippen molar-refractivity contribution >= 4 is 15.7 Å². The molecule has 0 saturated carbocycles. The Labute approximate surface area is 137 Å². The molecule has 0 bridgehead atoms. The van der Waals surface area contributed by atoms with Crippen molar-refractivity contribution in [2.24, 2.45) is 17.6 Å². The lowest BCUT2D eigenvalue weighted by Crippen LogP contribution is -2.44. The fourth-order valence-corrected chi connectivity index (χ4v) is 3.82. The molecule has 0 saturated heterocycles. The zero-order valence-electron chi connectivity index (χ0n) is 13.8. The molecule has 0 heterocycles. The normalized spacial score (nSPS) is 14.5. The van der Waals surface area contributed by atoms with E-state index in [4.69, 9.17) is 5.73 Å². The van der Waals surface area contributed by atoms with Crippen LogP contribution in [0.5, 0.6) is 0 Å². The van der Waals surface area contributed by atoms with E-state index in [0.717, 1.165) is 18.6 Å². The topological polar surface area (TPSA) is 89.3 Å². The monoisotopic (exact) mass is 344 g/mol. The minimum absolute atomic E-state index is 0.0103. The lowest BCUT2D eigenvalue weighted by atomic mass is 10.0. The molecule has 3 N–H and O–H groups in total. The molecule has 23 heavy (non-hydrogen) atoms. The van der Waals surface area contributed by atoms with Crippen molar-refractivity contribution in [2.75, 3.05) is 12.3 Å². The molecular weight excluding hydrogens is 319 g/mol. The number of amides is 1. The van der Waals surface area contributed by atoms with Gasteiger partial charge in [0.15, 0.2) is 9.84 Å². The van der Waals surface area contributed by atoms with E-state index in [1.807, 2.05) is 13.8 Å². The summed E-state index contributed by atoms with van der Waals surface area (Å²) in [5.41, 5.74) is 5.63. The summed E-state index contributed by atoms with van der Waals surface area (Å²) in [5, 5.41) is 2.79. The molecule has 1 rings (SSSR count). The number of hydrogen-bond acceptors (Lipinski definition) is 4. The average molecular weight is 344 g/mol. The zero-order valence-corrected chi connectivity index (χ0v) is 14.6. The largest absolute Gasteiger partial charge is 0.352 e. The second kappa shape index (κ2) is 8.40. The number of nitrogens with two attached hydrogens (primary N) is 1. The molecular formula is C16H25FN2O3S. The van der Waals surface area contributed by atoms with E-state index in [9.17, 15) is 17.6 Å². The van der Waals surface area contributed by atoms with Crippen molar-refractivity contribution in [3.8, 4) is 0 Å². The van der Waals surface area contributed by atoms with Gasteiger partial charge in [-0.2, -0.15) is 0 Å². The van der Waals surface area contributed by atoms with Gasteiger partial charge in [0.2, 0.25) is 5.91 Å². The first-order chi connectivity index (χ1) is 10.7. The van der Waals surface area contributed by atoms with Crippen molar-refractivity contribution < 1.29 is 17.6 Å². The third kappa shape index (κ3) is 6.27. The third-order valence-corrected chi connectivity index (χ3v) is 5.41. The summed E-state index contributed by atoms with van der Waals surface area (Å²) in [4.78, 5) is 12.2. The van der Waals surface area contributed by atoms with E-state index < -0.39 is 21.6 Å². The molecule has 0 aliphatic rings. The van der Waals surface area contributed by atoms with Crippen LogP contribution < -0.4 is 11.1 Å². The maximum atomic E-state index is 12.9. The molecule has 0 aromatic heterocycles. The van der Waals surface area contributed by atoms with Crippen LogP contribution in [0.15, 0.2) is 29.2 Å². The van der Waals surface area contributed by atoms with Crippen molar-refractivity contribution in [1.29, 1.82) is 0 Å². The maximum Gasteiger partial charge on any atom is 0.224 e. The molecule has 2 atom stereocenters. The molecule has 7 heteroatoms. The molecule has 1 amide bonds. The number of carbonyl (C=O) groups excluding carboxylic acids is 1. The van der Waals surface area contributed by atoms with Gasteiger partial charge in [-0.25, -0.2) is 12.8 Å². The summed E-state index contributed by atoms with van der Waals surface area (Å²) in [7, 11) is -3.65. The van der Waals surface area contributed by atoms with Crippen LogP contribution in [0.3, 0.4) is 0 Å². The van der Waals surface area contributed by atoms with Crippen molar-refractivity contribution in [3.05, 3.63) is 30.1 Å². The maximum absolute atomic E-state index is 12.9. The summed E-state index contributed by atoms with van der Waals surface area (Å²) in [6.07, 6.45) is 0.736. The van der Waals surface area contributed by atoms with E-state index in [0.29, 0.717) is 12.5 Å². The Morgan fingerprint density at radius 1 is 1.22 bits per heavy atom. The summed E-state index contributed by atoms with van der Waals surface area (Å²) in [6.45, 7) is 5.91. The molecule has 1 aromatic rings. The number of carbonyl (C=O) groups is 1. The van der Waals surface area contributed by atoms with E-state index in [2.05, 4.69) is 5.32 Å². The Hall–Kier alpha value is -1.47. The van der Waals surface area contributed by atoms with Gasteiger partial charge in [-0.05, 0) is 36.6 Å². The van der Waals surface area contributed by atoms with Gasteiger partial charge in [0.05, 0.1) is 10.6 Å². The highest BCUT2D eigenvalue weighted by molar-refractivity contribution is 7.91. The summed E-state index contributed by atoms with van der Waals surface area (Å²) < 4.78 is 37.4. The van der Waals surface area contributed by atoms with Gasteiger partial charge in [-0.3, -0.25) is 4.79 Å². The molecule has 1 aromatic carbocycles. The Morgan fingerprint density at radius 2 is 1.78 bits per heavy atom. The quantitative estimate of drug-likeness (QED) is 0.703. The first-order valence-corrected chi connectivity index (χ1v) is 9.29. The summed E-state index contributed by atoms with van der Waals surface area (Å²) in [6, 6.07) is 4.42. The first kappa shape index (κ1) is 19.6. The number of benzene rings is 1. The highest BCUT2D eigenvalue weighted by atomic mass is 32.2. The lowest BCUT2D eigenvalue weighted by Gasteiger charge is -2.21. The van der Waals surface area contributed by atoms with Crippen LogP contribution in [-0.2, 0) is 14.6 Å². The molecule has 0 radical (unpaired) electrons. The third-order valence-electron chi connectivity index (χ3n) is 3.48. The van der Waals surface area contributed by atoms with Gasteiger partial charge in [0.1, 0.15) is 5.82 Å². The van der Waals surface area contributed by atoms with Gasteiger partial charge in [0.25, 0.3) is 0 Å². The Balaban J connectivity index is 2.71. The number of halogens is 1. The van der Waals surface area contributed by atoms with E-state index in [1.165, 1.54) is 12.1 Å². The van der Waals surface area contributed by atoms with Crippen LogP contribution >= 0.6 is 0 Å². The van der Waals surface area contributed by atoms with Crippen molar-refractivity contribution in [3.63, 3.8) is 0 Å². The van der Waals surface area contributed by atoms with E-state index in [-0.39, 0.29) is 22.6 Å². The number of rotatable bonds is 8. The molecule has 0 spiro atoms. The fourth-order valence-electron chi connectivity index (χ4n) is 2.27. The molecule has 0 aliphatic heterocycles. The van der Waals surface area contributed by atoms with Gasteiger partial charge >= 0.3 is 0 Å². The van der Waals surface area contributed by atoms with Crippen LogP contribution in [0.25, 0.3) is 0 Å². The average Bonchev–Trinajstić information content (AvgIpc) is 2.45. The molecule has 130 valence electrons. The Kier molecular flexibility index (Phi) is 7.15. The predicted octanol–water partition coefficient (Wildman–Crippen LogP) is 1.73. The van der Waals surface area contributed by atoms with Crippen LogP contribution in [-0.4, -0.2) is 32.7 Å². The SMILES string of the molecule is CC(C)CC(CN)NC(=O)C(C)CS(=O)(=O)c1ccc(F)cc1. The van der Waals surface area contributed by atoms with E-state index in [1.54, 1.807) is 6.92 Å². The Morgan fingerprint density at radius 3 is 2.26 bits per heavy atom. The highest BCUT2D eigenvalue weighted by Gasteiger charge is 2.24. The molecule has 0 aliphatic carbocycles. The van der Waals surface area contributed by atoms with Gasteiger partial charge in [-0.15, -0.1) is 0 Å². The van der Waals surface area contributed by atoms with Gasteiger partial charge in [0, 0.05) is 18.5 Å². The predicted molar refractivity (Wildman–Crippen MR) is 88.1 cm³/mol. The van der Waals surface area contributed by atoms with Crippen LogP contribution in [0, 0.1) is 17.7 Å². The number of sulfone groups is 1. The van der Waals surface area contributed by atoms with Gasteiger partial charge < -0.3 is 11.1 Å². The van der Waals surface area contributed by atoms with Gasteiger partial charge in [-0.1, -0.05) is 20.8 Å². The first-order valence-electron chi connectivity index (χ1n) is 7.64. The smallest absolute Gasteiger partial charge is 0.224 e. The lowest BCUT2D eigenvalue weighted by molar-refractivity contribution is -0.124. The standard InChI is InChI=1S/C16H25FN2O3S/c1-11(2)8-14(9-18)19-16(20)12(3)10-23(21,22)15-6-4-13(17)5-7-15/h4-7,11-12,14H,8-10,18H2,1-3H3,(H,19,20). The van der Waals surface area contributed by atoms with Crippen LogP contribution in [0.2, 0.25) is 0 Å². The highest BCUT2D eigenvalue weighted by Crippen LogP contribution is 2.15. The zero-order chi connectivity index (χ0) is 17.6. The number of nitrogens with one attached hydrogen (secondary N) is 1. The fraction of sp³-hybridized carbons (Fsp3) is 0.562.